The highest BCUT2D eigenvalue weighted by Gasteiger charge is 2.02. The molecule has 1 unspecified atom stereocenters. The fraction of sp³-hybridized carbons (Fsp3) is 0. The van der Waals surface area contributed by atoms with Crippen molar-refractivity contribution in [1.82, 2.24) is 4.91 Å². The normalized spacial score (nSPS) is 15.8. The number of nitrogens with zero attached hydrogens (tertiary/aromatic N) is 2. The van der Waals surface area contributed by atoms with Crippen LogP contribution in [-0.4, -0.2) is 4.89 Å². The van der Waals surface area contributed by atoms with E-state index in [2.05, 4.69) is 14.8 Å². The second kappa shape index (κ2) is 2.54. The summed E-state index contributed by atoms with van der Waals surface area (Å²) in [6, 6.07) is 0. The summed E-state index contributed by atoms with van der Waals surface area (Å²) >= 11 is 0. The highest BCUT2D eigenvalue weighted by atomic mass is 31.2. The lowest BCUT2D eigenvalue weighted by molar-refractivity contribution is -0.220. The minimum Gasteiger partial charge on any atom is -0.745 e. The first kappa shape index (κ1) is 7.26. The number of hydrogen-bond acceptors (Lipinski definition) is 5. The summed E-state index contributed by atoms with van der Waals surface area (Å²) in [7, 11) is -4.81. The second-order valence-corrected chi connectivity index (χ2v) is 1.83. The minimum atomic E-state index is -4.81. The first-order valence-electron chi connectivity index (χ1n) is 1.35. The van der Waals surface area contributed by atoms with Gasteiger partial charge in [0.25, 0.3) is 4.91 Å². The van der Waals surface area contributed by atoms with E-state index in [1.54, 1.807) is 0 Å². The molecule has 0 radical (unpaired) electrons. The maximum absolute atomic E-state index is 9.51. The molecule has 46 valence electrons. The lowest BCUT2D eigenvalue weighted by Crippen LogP contribution is -1.99. The predicted molar refractivity (Wildman–Crippen MR) is 18.2 cm³/mol. The van der Waals surface area contributed by atoms with E-state index in [0.717, 1.165) is 0 Å². The Morgan fingerprint density at radius 3 is 2.62 bits per heavy atom. The minimum absolute atomic E-state index is 2.14. The quantitative estimate of drug-likeness (QED) is 0.219. The number of rotatable bonds is 2. The molecule has 0 rings (SSSR count). The van der Waals surface area contributed by atoms with Crippen molar-refractivity contribution in [2.45, 2.75) is 0 Å². The van der Waals surface area contributed by atoms with Gasteiger partial charge in [0, 0.05) is 0 Å². The maximum Gasteiger partial charge on any atom is 0.364 e. The third kappa shape index (κ3) is 5.26. The van der Waals surface area contributed by atoms with E-state index in [4.69, 9.17) is 10.4 Å². The highest BCUT2D eigenvalue weighted by Crippen LogP contribution is 2.29. The van der Waals surface area contributed by atoms with Crippen LogP contribution in [0, 0.1) is 5.53 Å². The van der Waals surface area contributed by atoms with Crippen LogP contribution >= 0.6 is 7.82 Å². The smallest absolute Gasteiger partial charge is 0.364 e. The van der Waals surface area contributed by atoms with E-state index < -0.39 is 7.82 Å². The van der Waals surface area contributed by atoms with Crippen molar-refractivity contribution in [1.29, 1.82) is 5.53 Å². The molecule has 0 aliphatic heterocycles. The van der Waals surface area contributed by atoms with Gasteiger partial charge in [0.1, 0.15) is 5.53 Å². The van der Waals surface area contributed by atoms with Gasteiger partial charge in [-0.1, -0.05) is 0 Å². The van der Waals surface area contributed by atoms with Gasteiger partial charge < -0.3 is 9.79 Å². The first-order valence-corrected chi connectivity index (χ1v) is 2.85. The first-order chi connectivity index (χ1) is 3.56. The van der Waals surface area contributed by atoms with Crippen molar-refractivity contribution in [3.05, 3.63) is 0 Å². The lowest BCUT2D eigenvalue weighted by Gasteiger charge is -2.04. The fourth-order valence-electron chi connectivity index (χ4n) is 0.0644. The Balaban J connectivity index is 3.74. The van der Waals surface area contributed by atoms with Crippen molar-refractivity contribution in [3.63, 3.8) is 0 Å². The largest absolute Gasteiger partial charge is 0.745 e. The van der Waals surface area contributed by atoms with Gasteiger partial charge in [-0.3, -0.25) is 9.19 Å². The second-order valence-electron chi connectivity index (χ2n) is 0.732. The van der Waals surface area contributed by atoms with Gasteiger partial charge in [-0.25, -0.2) is 0 Å². The summed E-state index contributed by atoms with van der Waals surface area (Å²) in [6.45, 7) is 0. The Bertz CT molecular complexity index is 151. The Morgan fingerprint density at radius 2 is 2.50 bits per heavy atom. The molecule has 1 atom stereocenters. The zero-order chi connectivity index (χ0) is 6.62. The van der Waals surface area contributed by atoms with Gasteiger partial charge in [0.2, 0.25) is 0 Å². The molecule has 0 saturated heterocycles. The Morgan fingerprint density at radius 1 is 2.00 bits per heavy atom. The van der Waals surface area contributed by atoms with E-state index in [0.29, 0.717) is 0 Å². The van der Waals surface area contributed by atoms with Gasteiger partial charge in [-0.05, 0) is 0 Å². The summed E-state index contributed by atoms with van der Waals surface area (Å²) in [5, 5.41) is 2.21. The van der Waals surface area contributed by atoms with Gasteiger partial charge in [-0.15, -0.1) is 0 Å². The third-order valence-electron chi connectivity index (χ3n) is 0.181. The average molecular weight is 139 g/mol. The summed E-state index contributed by atoms with van der Waals surface area (Å²) in [4.78, 5) is 19.3. The highest BCUT2D eigenvalue weighted by molar-refractivity contribution is 7.44. The van der Waals surface area contributed by atoms with Crippen LogP contribution in [0.2, 0.25) is 0 Å². The van der Waals surface area contributed by atoms with E-state index in [1.807, 2.05) is 0 Å². The molecule has 0 aliphatic carbocycles. The Hall–Kier alpha value is -0.740. The summed E-state index contributed by atoms with van der Waals surface area (Å²) in [5.41, 5.74) is 5.84. The topological polar surface area (TPSA) is 120 Å². The fourth-order valence-corrected chi connectivity index (χ4v) is 0.193. The molecular weight excluding hydrogens is 137 g/mol. The van der Waals surface area contributed by atoms with Crippen molar-refractivity contribution < 1.29 is 19.0 Å². The van der Waals surface area contributed by atoms with E-state index >= 15 is 0 Å². The SMILES string of the molecule is N=[N+]=NOP(=O)([O-])O. The average Bonchev–Trinajstić information content (AvgIpc) is 1.59. The molecule has 0 aromatic carbocycles. The number of phosphoric acid groups is 1. The molecule has 0 saturated carbocycles. The number of nitrogens with one attached hydrogen (secondary N) is 1. The molecule has 0 bridgehead atoms. The molecule has 0 amide bonds. The molecular formula is H2N3O4P. The standard InChI is InChI=1S/H2N3O4P/c1-2-3-7-8(4,5)6/h1H,(H-,4,5,6). The van der Waals surface area contributed by atoms with E-state index in [-0.39, 0.29) is 0 Å². The summed E-state index contributed by atoms with van der Waals surface area (Å²) in [6.07, 6.45) is 0. The molecule has 0 aliphatic rings. The van der Waals surface area contributed by atoms with E-state index in [9.17, 15) is 9.46 Å². The van der Waals surface area contributed by atoms with Crippen LogP contribution in [0.1, 0.15) is 0 Å². The Labute approximate surface area is 43.7 Å². The van der Waals surface area contributed by atoms with Crippen LogP contribution in [0.4, 0.5) is 0 Å². The molecule has 0 aromatic rings. The zero-order valence-corrected chi connectivity index (χ0v) is 4.41. The molecule has 0 spiro atoms. The van der Waals surface area contributed by atoms with Gasteiger partial charge >= 0.3 is 13.1 Å². The van der Waals surface area contributed by atoms with Crippen LogP contribution in [-0.2, 0) is 9.19 Å². The van der Waals surface area contributed by atoms with Crippen LogP contribution in [0.5, 0.6) is 0 Å². The summed E-state index contributed by atoms with van der Waals surface area (Å²) in [5.74, 6) is 0. The van der Waals surface area contributed by atoms with Crippen LogP contribution in [0.3, 0.4) is 0 Å². The molecule has 0 fully saturated rings. The molecule has 0 heterocycles. The van der Waals surface area contributed by atoms with E-state index in [1.165, 1.54) is 0 Å². The summed E-state index contributed by atoms with van der Waals surface area (Å²) < 4.78 is 12.7. The van der Waals surface area contributed by atoms with Gasteiger partial charge in [0.15, 0.2) is 0 Å². The maximum atomic E-state index is 9.51. The monoisotopic (exact) mass is 139 g/mol. The van der Waals surface area contributed by atoms with Gasteiger partial charge in [-0.2, -0.15) is 0 Å². The molecule has 7 nitrogen and oxygen atoms in total. The molecule has 8 heteroatoms. The van der Waals surface area contributed by atoms with Gasteiger partial charge in [0.05, 0.1) is 0 Å². The van der Waals surface area contributed by atoms with Crippen LogP contribution in [0.25, 0.3) is 0 Å². The van der Waals surface area contributed by atoms with Crippen molar-refractivity contribution >= 4 is 7.82 Å². The predicted octanol–water partition coefficient (Wildman–Crippen LogP) is -1.07. The lowest BCUT2D eigenvalue weighted by atomic mass is 12.9. The molecule has 0 aromatic heterocycles. The van der Waals surface area contributed by atoms with Crippen LogP contribution < -0.4 is 9.81 Å². The number of hydrogen-bond donors (Lipinski definition) is 2. The van der Waals surface area contributed by atoms with Crippen molar-refractivity contribution in [3.8, 4) is 0 Å². The third-order valence-corrected chi connectivity index (χ3v) is 0.460. The molecule has 8 heavy (non-hydrogen) atoms. The zero-order valence-electron chi connectivity index (χ0n) is 3.51. The Kier molecular flexibility index (Phi) is 2.30. The molecule has 2 N–H and O–H groups in total. The van der Waals surface area contributed by atoms with Crippen molar-refractivity contribution in [2.24, 2.45) is 5.28 Å². The van der Waals surface area contributed by atoms with Crippen LogP contribution in [0.15, 0.2) is 5.28 Å². The van der Waals surface area contributed by atoms with Crippen molar-refractivity contribution in [2.75, 3.05) is 0 Å².